The topological polar surface area (TPSA) is 33.6 Å². The average molecular weight is 287 g/mol. The number of nitrogens with zero attached hydrogens (tertiary/aromatic N) is 2. The van der Waals surface area contributed by atoms with Crippen LogP contribution in [-0.2, 0) is 0 Å². The van der Waals surface area contributed by atoms with Gasteiger partial charge >= 0.3 is 0 Å². The van der Waals surface area contributed by atoms with Crippen LogP contribution >= 0.6 is 23.6 Å². The molecule has 1 aromatic carbocycles. The molecule has 96 valence electrons. The molecular formula is C14H13N3S2. The lowest BCUT2D eigenvalue weighted by atomic mass is 10.1. The minimum atomic E-state index is 0.621. The number of H-pyrrole nitrogens is 1. The number of aryl methyl sites for hydroxylation is 2. The van der Waals surface area contributed by atoms with Crippen molar-refractivity contribution in [2.45, 2.75) is 13.8 Å². The molecule has 0 fully saturated rings. The Morgan fingerprint density at radius 2 is 2.11 bits per heavy atom. The molecule has 1 N–H and O–H groups in total. The summed E-state index contributed by atoms with van der Waals surface area (Å²) < 4.78 is 2.62. The second-order valence-corrected chi connectivity index (χ2v) is 5.79. The monoisotopic (exact) mass is 287 g/mol. The predicted molar refractivity (Wildman–Crippen MR) is 81.5 cm³/mol. The maximum Gasteiger partial charge on any atom is 0.200 e. The lowest BCUT2D eigenvalue weighted by Crippen LogP contribution is -1.99. The van der Waals surface area contributed by atoms with E-state index in [1.807, 2.05) is 16.0 Å². The van der Waals surface area contributed by atoms with Crippen molar-refractivity contribution in [1.29, 1.82) is 0 Å². The molecule has 0 spiro atoms. The van der Waals surface area contributed by atoms with E-state index in [9.17, 15) is 0 Å². The van der Waals surface area contributed by atoms with E-state index in [2.05, 4.69) is 48.3 Å². The number of rotatable bonds is 2. The summed E-state index contributed by atoms with van der Waals surface area (Å²) in [6, 6.07) is 10.4. The number of hydrogen-bond donors (Lipinski definition) is 1. The molecule has 0 amide bonds. The fraction of sp³-hybridized carbons (Fsp3) is 0.143. The molecule has 0 aliphatic heterocycles. The van der Waals surface area contributed by atoms with Gasteiger partial charge in [0.1, 0.15) is 0 Å². The van der Waals surface area contributed by atoms with Crippen LogP contribution in [0.4, 0.5) is 0 Å². The zero-order valence-corrected chi connectivity index (χ0v) is 12.3. The van der Waals surface area contributed by atoms with Gasteiger partial charge in [-0.15, -0.1) is 11.3 Å². The first-order valence-electron chi connectivity index (χ1n) is 5.96. The van der Waals surface area contributed by atoms with Gasteiger partial charge in [0, 0.05) is 0 Å². The highest BCUT2D eigenvalue weighted by molar-refractivity contribution is 7.71. The molecule has 19 heavy (non-hydrogen) atoms. The minimum Gasteiger partial charge on any atom is -0.267 e. The highest BCUT2D eigenvalue weighted by Gasteiger charge is 2.12. The summed E-state index contributed by atoms with van der Waals surface area (Å²) in [5.41, 5.74) is 3.51. The summed E-state index contributed by atoms with van der Waals surface area (Å²) in [5, 5.41) is 9.28. The van der Waals surface area contributed by atoms with Crippen LogP contribution in [0.25, 0.3) is 16.4 Å². The number of aromatic amines is 1. The van der Waals surface area contributed by atoms with Crippen LogP contribution in [0, 0.1) is 18.6 Å². The van der Waals surface area contributed by atoms with Crippen LogP contribution in [0.3, 0.4) is 0 Å². The van der Waals surface area contributed by atoms with Gasteiger partial charge in [0.25, 0.3) is 0 Å². The third-order valence-electron chi connectivity index (χ3n) is 3.01. The smallest absolute Gasteiger partial charge is 0.200 e. The molecule has 0 bridgehead atoms. The summed E-state index contributed by atoms with van der Waals surface area (Å²) in [6.45, 7) is 4.18. The summed E-state index contributed by atoms with van der Waals surface area (Å²) in [5.74, 6) is 0.868. The molecule has 0 saturated heterocycles. The second kappa shape index (κ2) is 4.75. The first kappa shape index (κ1) is 12.3. The van der Waals surface area contributed by atoms with Crippen molar-refractivity contribution >= 4 is 23.6 Å². The molecule has 0 unspecified atom stereocenters. The predicted octanol–water partition coefficient (Wildman–Crippen LogP) is 4.28. The van der Waals surface area contributed by atoms with E-state index < -0.39 is 0 Å². The molecule has 0 aliphatic carbocycles. The quantitative estimate of drug-likeness (QED) is 0.714. The Morgan fingerprint density at radius 1 is 1.26 bits per heavy atom. The minimum absolute atomic E-state index is 0.621. The Bertz CT molecular complexity index is 766. The third kappa shape index (κ3) is 2.15. The normalized spacial score (nSPS) is 10.8. The fourth-order valence-corrected chi connectivity index (χ4v) is 3.08. The Labute approximate surface area is 120 Å². The number of aromatic nitrogens is 3. The van der Waals surface area contributed by atoms with Crippen LogP contribution in [0.15, 0.2) is 35.7 Å². The van der Waals surface area contributed by atoms with E-state index >= 15 is 0 Å². The first-order chi connectivity index (χ1) is 9.16. The fourth-order valence-electron chi connectivity index (χ4n) is 2.15. The van der Waals surface area contributed by atoms with Gasteiger partial charge in [-0.25, -0.2) is 0 Å². The molecule has 2 heterocycles. The molecule has 0 saturated carbocycles. The Kier molecular flexibility index (Phi) is 3.08. The van der Waals surface area contributed by atoms with Crippen molar-refractivity contribution in [2.24, 2.45) is 0 Å². The van der Waals surface area contributed by atoms with Gasteiger partial charge in [0.2, 0.25) is 0 Å². The van der Waals surface area contributed by atoms with Crippen molar-refractivity contribution in [1.82, 2.24) is 14.8 Å². The standard InChI is InChI=1S/C14H13N3S2/c1-9-5-6-11(10(2)8-9)17-13(15-16-14(17)18)12-4-3-7-19-12/h3-8H,1-2H3,(H,16,18). The van der Waals surface area contributed by atoms with Crippen molar-refractivity contribution < 1.29 is 0 Å². The van der Waals surface area contributed by atoms with Crippen LogP contribution < -0.4 is 0 Å². The van der Waals surface area contributed by atoms with E-state index in [4.69, 9.17) is 12.2 Å². The Morgan fingerprint density at radius 3 is 2.79 bits per heavy atom. The molecule has 5 heteroatoms. The maximum atomic E-state index is 5.37. The van der Waals surface area contributed by atoms with E-state index in [1.54, 1.807) is 11.3 Å². The lowest BCUT2D eigenvalue weighted by Gasteiger charge is -2.09. The summed E-state index contributed by atoms with van der Waals surface area (Å²) in [4.78, 5) is 1.10. The van der Waals surface area contributed by atoms with Gasteiger partial charge in [-0.1, -0.05) is 23.8 Å². The highest BCUT2D eigenvalue weighted by atomic mass is 32.1. The van der Waals surface area contributed by atoms with Gasteiger partial charge in [0.05, 0.1) is 10.6 Å². The van der Waals surface area contributed by atoms with E-state index in [0.717, 1.165) is 16.4 Å². The molecule has 3 aromatic rings. The Balaban J connectivity index is 2.26. The SMILES string of the molecule is Cc1ccc(-n2c(-c3cccs3)n[nH]c2=S)c(C)c1. The van der Waals surface area contributed by atoms with E-state index in [-0.39, 0.29) is 0 Å². The highest BCUT2D eigenvalue weighted by Crippen LogP contribution is 2.27. The molecule has 0 atom stereocenters. The third-order valence-corrected chi connectivity index (χ3v) is 4.15. The largest absolute Gasteiger partial charge is 0.267 e. The first-order valence-corrected chi connectivity index (χ1v) is 7.24. The average Bonchev–Trinajstić information content (AvgIpc) is 2.99. The van der Waals surface area contributed by atoms with Crippen molar-refractivity contribution in [3.63, 3.8) is 0 Å². The number of benzene rings is 1. The van der Waals surface area contributed by atoms with Crippen LogP contribution in [0.2, 0.25) is 0 Å². The van der Waals surface area contributed by atoms with Gasteiger partial charge in [-0.3, -0.25) is 9.67 Å². The van der Waals surface area contributed by atoms with Gasteiger partial charge in [-0.2, -0.15) is 5.10 Å². The molecule has 3 rings (SSSR count). The van der Waals surface area contributed by atoms with Gasteiger partial charge in [0.15, 0.2) is 10.6 Å². The van der Waals surface area contributed by atoms with Crippen LogP contribution in [-0.4, -0.2) is 14.8 Å². The summed E-state index contributed by atoms with van der Waals surface area (Å²) in [7, 11) is 0. The zero-order chi connectivity index (χ0) is 13.4. The molecule has 0 aliphatic rings. The zero-order valence-electron chi connectivity index (χ0n) is 10.7. The van der Waals surface area contributed by atoms with E-state index in [0.29, 0.717) is 4.77 Å². The maximum absolute atomic E-state index is 5.37. The number of thiophene rings is 1. The lowest BCUT2D eigenvalue weighted by molar-refractivity contribution is 1.02. The van der Waals surface area contributed by atoms with Crippen molar-refractivity contribution in [3.8, 4) is 16.4 Å². The van der Waals surface area contributed by atoms with Gasteiger partial charge in [-0.05, 0) is 49.1 Å². The molecule has 2 aromatic heterocycles. The van der Waals surface area contributed by atoms with Gasteiger partial charge < -0.3 is 0 Å². The van der Waals surface area contributed by atoms with Crippen molar-refractivity contribution in [3.05, 3.63) is 51.6 Å². The number of hydrogen-bond acceptors (Lipinski definition) is 3. The molecular weight excluding hydrogens is 274 g/mol. The molecule has 0 radical (unpaired) electrons. The van der Waals surface area contributed by atoms with E-state index in [1.165, 1.54) is 11.1 Å². The summed E-state index contributed by atoms with van der Waals surface area (Å²) in [6.07, 6.45) is 0. The van der Waals surface area contributed by atoms with Crippen molar-refractivity contribution in [2.75, 3.05) is 0 Å². The van der Waals surface area contributed by atoms with Crippen LogP contribution in [0.5, 0.6) is 0 Å². The Hall–Kier alpha value is -1.72. The molecule has 3 nitrogen and oxygen atoms in total. The summed E-state index contributed by atoms with van der Waals surface area (Å²) >= 11 is 7.03. The number of nitrogens with one attached hydrogen (secondary N) is 1. The van der Waals surface area contributed by atoms with Crippen LogP contribution in [0.1, 0.15) is 11.1 Å². The second-order valence-electron chi connectivity index (χ2n) is 4.46.